The molecule has 0 aromatic heterocycles. The second-order valence-corrected chi connectivity index (χ2v) is 9.19. The van der Waals surface area contributed by atoms with Gasteiger partial charge in [0.2, 0.25) is 0 Å². The molecule has 5 heteroatoms. The highest BCUT2D eigenvalue weighted by Crippen LogP contribution is 2.58. The minimum Gasteiger partial charge on any atom is -0.493 e. The number of ether oxygens (including phenoxy) is 3. The molecule has 3 rings (SSSR count). The van der Waals surface area contributed by atoms with Gasteiger partial charge in [-0.15, -0.1) is 0 Å². The first kappa shape index (κ1) is 21.7. The van der Waals surface area contributed by atoms with Gasteiger partial charge in [-0.05, 0) is 61.8 Å². The van der Waals surface area contributed by atoms with Gasteiger partial charge in [-0.1, -0.05) is 26.8 Å². The Labute approximate surface area is 174 Å². The molecule has 0 amide bonds. The summed E-state index contributed by atoms with van der Waals surface area (Å²) in [5, 5.41) is 11.8. The van der Waals surface area contributed by atoms with Gasteiger partial charge in [0, 0.05) is 11.8 Å². The van der Waals surface area contributed by atoms with Crippen LogP contribution in [0.5, 0.6) is 11.5 Å². The molecule has 0 saturated heterocycles. The highest BCUT2D eigenvalue weighted by molar-refractivity contribution is 5.90. The average Bonchev–Trinajstić information content (AvgIpc) is 2.91. The van der Waals surface area contributed by atoms with Gasteiger partial charge in [0.05, 0.1) is 25.4 Å². The Morgan fingerprint density at radius 2 is 1.90 bits per heavy atom. The molecule has 1 aromatic carbocycles. The predicted molar refractivity (Wildman–Crippen MR) is 112 cm³/mol. The zero-order valence-corrected chi connectivity index (χ0v) is 18.5. The summed E-state index contributed by atoms with van der Waals surface area (Å²) in [6, 6.07) is 4.99. The van der Waals surface area contributed by atoms with E-state index in [4.69, 9.17) is 14.2 Å². The van der Waals surface area contributed by atoms with Crippen molar-refractivity contribution in [1.82, 2.24) is 0 Å². The molecule has 0 radical (unpaired) electrons. The van der Waals surface area contributed by atoms with Crippen molar-refractivity contribution >= 4 is 5.97 Å². The number of fused-ring (bicyclic) bond motifs is 1. The fraction of sp³-hybridized carbons (Fsp3) is 0.625. The van der Waals surface area contributed by atoms with Crippen LogP contribution in [0.1, 0.15) is 63.7 Å². The normalized spacial score (nSPS) is 31.7. The van der Waals surface area contributed by atoms with Crippen LogP contribution in [0.3, 0.4) is 0 Å². The average molecular weight is 403 g/mol. The lowest BCUT2D eigenvalue weighted by Crippen LogP contribution is -2.49. The highest BCUT2D eigenvalue weighted by Gasteiger charge is 2.58. The van der Waals surface area contributed by atoms with Gasteiger partial charge in [0.25, 0.3) is 0 Å². The molecular formula is C24H34O5. The van der Waals surface area contributed by atoms with Crippen molar-refractivity contribution in [2.75, 3.05) is 14.2 Å². The maximum Gasteiger partial charge on any atom is 0.338 e. The van der Waals surface area contributed by atoms with Crippen LogP contribution in [0.15, 0.2) is 29.8 Å². The van der Waals surface area contributed by atoms with E-state index in [0.717, 1.165) is 24.8 Å². The lowest BCUT2D eigenvalue weighted by molar-refractivity contribution is -0.114. The van der Waals surface area contributed by atoms with Crippen LogP contribution in [0.2, 0.25) is 0 Å². The van der Waals surface area contributed by atoms with Gasteiger partial charge in [0.15, 0.2) is 11.5 Å². The van der Waals surface area contributed by atoms with Crippen molar-refractivity contribution in [1.29, 1.82) is 0 Å². The number of rotatable bonds is 5. The zero-order chi connectivity index (χ0) is 21.4. The summed E-state index contributed by atoms with van der Waals surface area (Å²) in [6.45, 7) is 8.51. The van der Waals surface area contributed by atoms with E-state index in [1.807, 2.05) is 6.92 Å². The molecule has 2 aliphatic carbocycles. The molecule has 5 nitrogen and oxygen atoms in total. The molecule has 2 aliphatic rings. The van der Waals surface area contributed by atoms with Crippen LogP contribution < -0.4 is 9.47 Å². The molecule has 160 valence electrons. The molecule has 0 heterocycles. The van der Waals surface area contributed by atoms with Crippen LogP contribution >= 0.6 is 0 Å². The van der Waals surface area contributed by atoms with E-state index < -0.39 is 17.7 Å². The largest absolute Gasteiger partial charge is 0.493 e. The number of allylic oxidation sites excluding steroid dienone is 1. The minimum atomic E-state index is -0.849. The molecule has 4 atom stereocenters. The van der Waals surface area contributed by atoms with Crippen molar-refractivity contribution < 1.29 is 24.1 Å². The Balaban J connectivity index is 1.86. The number of methoxy groups -OCH3 is 2. The predicted octanol–water partition coefficient (Wildman–Crippen LogP) is 4.77. The zero-order valence-electron chi connectivity index (χ0n) is 18.5. The van der Waals surface area contributed by atoms with Crippen molar-refractivity contribution in [2.24, 2.45) is 17.3 Å². The Bertz CT molecular complexity index is 798. The summed E-state index contributed by atoms with van der Waals surface area (Å²) < 4.78 is 16.5. The molecular weight excluding hydrogens is 368 g/mol. The van der Waals surface area contributed by atoms with Crippen LogP contribution in [0, 0.1) is 17.3 Å². The summed E-state index contributed by atoms with van der Waals surface area (Å²) >= 11 is 0. The van der Waals surface area contributed by atoms with Crippen LogP contribution in [0.4, 0.5) is 0 Å². The van der Waals surface area contributed by atoms with Gasteiger partial charge >= 0.3 is 5.97 Å². The topological polar surface area (TPSA) is 65.0 Å². The number of carbonyl (C=O) groups excluding carboxylic acids is 1. The molecule has 29 heavy (non-hydrogen) atoms. The number of esters is 1. The van der Waals surface area contributed by atoms with Gasteiger partial charge in [-0.3, -0.25) is 0 Å². The minimum absolute atomic E-state index is 0.187. The smallest absolute Gasteiger partial charge is 0.338 e. The Kier molecular flexibility index (Phi) is 6.00. The van der Waals surface area contributed by atoms with E-state index in [1.165, 1.54) is 7.11 Å². The lowest BCUT2D eigenvalue weighted by atomic mass is 9.67. The van der Waals surface area contributed by atoms with Crippen LogP contribution in [-0.4, -0.2) is 37.0 Å². The number of hydrogen-bond acceptors (Lipinski definition) is 5. The Morgan fingerprint density at radius 3 is 2.52 bits per heavy atom. The van der Waals surface area contributed by atoms with Crippen molar-refractivity contribution in [3.05, 3.63) is 35.4 Å². The SMILES string of the molecule is COc1ccc(C(=O)O[C@@H]2C[C@]3(O)[C@@H](C(C)C)CC[C@]3(C)CC=C2C)cc1OC. The summed E-state index contributed by atoms with van der Waals surface area (Å²) in [5.74, 6) is 1.20. The second kappa shape index (κ2) is 8.02. The van der Waals surface area contributed by atoms with Crippen molar-refractivity contribution in [3.8, 4) is 11.5 Å². The first-order valence-corrected chi connectivity index (χ1v) is 10.5. The fourth-order valence-corrected chi connectivity index (χ4v) is 5.19. The molecule has 0 unspecified atom stereocenters. The molecule has 1 N–H and O–H groups in total. The quantitative estimate of drug-likeness (QED) is 0.568. The summed E-state index contributed by atoms with van der Waals surface area (Å²) in [4.78, 5) is 12.9. The second-order valence-electron chi connectivity index (χ2n) is 9.19. The molecule has 1 saturated carbocycles. The van der Waals surface area contributed by atoms with Gasteiger partial charge < -0.3 is 19.3 Å². The standard InChI is InChI=1S/C24H34O5/c1-15(2)18-10-12-23(4)11-9-16(3)21(14-24(18,23)26)29-22(25)17-7-8-19(27-5)20(13-17)28-6/h7-9,13,15,18,21,26H,10-12,14H2,1-6H3/t18-,21-,23+,24+/m1/s1. The lowest BCUT2D eigenvalue weighted by Gasteiger charge is -2.44. The maximum absolute atomic E-state index is 12.9. The maximum atomic E-state index is 12.9. The first-order valence-electron chi connectivity index (χ1n) is 10.5. The van der Waals surface area contributed by atoms with Crippen molar-refractivity contribution in [3.63, 3.8) is 0 Å². The van der Waals surface area contributed by atoms with Gasteiger partial charge in [-0.25, -0.2) is 4.79 Å². The number of carbonyl (C=O) groups is 1. The monoisotopic (exact) mass is 402 g/mol. The van der Waals surface area contributed by atoms with E-state index in [9.17, 15) is 9.90 Å². The van der Waals surface area contributed by atoms with Crippen molar-refractivity contribution in [2.45, 2.75) is 65.1 Å². The van der Waals surface area contributed by atoms with Crippen LogP contribution in [0.25, 0.3) is 0 Å². The van der Waals surface area contributed by atoms with Gasteiger partial charge in [0.1, 0.15) is 6.10 Å². The third-order valence-electron chi connectivity index (χ3n) is 7.22. The Hall–Kier alpha value is -2.01. The number of aliphatic hydroxyl groups is 1. The summed E-state index contributed by atoms with van der Waals surface area (Å²) in [6.07, 6.45) is 4.95. The first-order chi connectivity index (χ1) is 13.6. The molecule has 0 spiro atoms. The van der Waals surface area contributed by atoms with E-state index >= 15 is 0 Å². The van der Waals surface area contributed by atoms with E-state index in [0.29, 0.717) is 29.4 Å². The third kappa shape index (κ3) is 3.77. The molecule has 0 bridgehead atoms. The molecule has 0 aliphatic heterocycles. The highest BCUT2D eigenvalue weighted by atomic mass is 16.5. The summed E-state index contributed by atoms with van der Waals surface area (Å²) in [7, 11) is 3.09. The summed E-state index contributed by atoms with van der Waals surface area (Å²) in [5.41, 5.74) is 0.373. The van der Waals surface area contributed by atoms with Crippen LogP contribution in [-0.2, 0) is 4.74 Å². The van der Waals surface area contributed by atoms with E-state index in [1.54, 1.807) is 25.3 Å². The third-order valence-corrected chi connectivity index (χ3v) is 7.22. The van der Waals surface area contributed by atoms with Gasteiger partial charge in [-0.2, -0.15) is 0 Å². The Morgan fingerprint density at radius 1 is 1.21 bits per heavy atom. The number of hydrogen-bond donors (Lipinski definition) is 1. The van der Waals surface area contributed by atoms with E-state index in [-0.39, 0.29) is 11.3 Å². The molecule has 1 aromatic rings. The molecule has 1 fully saturated rings. The fourth-order valence-electron chi connectivity index (χ4n) is 5.19. The number of benzene rings is 1. The van der Waals surface area contributed by atoms with E-state index in [2.05, 4.69) is 26.8 Å².